The SMILES string of the molecule is CNCc1ccc(N2CCOC3CCCC32)cc1Cl. The van der Waals surface area contributed by atoms with E-state index in [0.717, 1.165) is 30.3 Å². The fourth-order valence-electron chi connectivity index (χ4n) is 3.29. The van der Waals surface area contributed by atoms with Gasteiger partial charge in [-0.1, -0.05) is 17.7 Å². The minimum absolute atomic E-state index is 0.421. The summed E-state index contributed by atoms with van der Waals surface area (Å²) in [4.78, 5) is 2.48. The van der Waals surface area contributed by atoms with Crippen LogP contribution in [0.2, 0.25) is 5.02 Å². The number of benzene rings is 1. The molecule has 4 heteroatoms. The van der Waals surface area contributed by atoms with Crippen LogP contribution in [-0.2, 0) is 11.3 Å². The third-order valence-corrected chi connectivity index (χ3v) is 4.57. The molecule has 0 bridgehead atoms. The Labute approximate surface area is 119 Å². The van der Waals surface area contributed by atoms with Crippen LogP contribution in [0.25, 0.3) is 0 Å². The van der Waals surface area contributed by atoms with E-state index in [1.165, 1.54) is 24.9 Å². The van der Waals surface area contributed by atoms with Gasteiger partial charge in [-0.3, -0.25) is 0 Å². The molecular formula is C15H21ClN2O. The summed E-state index contributed by atoms with van der Waals surface area (Å²) in [7, 11) is 1.94. The van der Waals surface area contributed by atoms with E-state index >= 15 is 0 Å². The Morgan fingerprint density at radius 1 is 1.42 bits per heavy atom. The second kappa shape index (κ2) is 5.70. The Kier molecular flexibility index (Phi) is 3.96. The van der Waals surface area contributed by atoms with Gasteiger partial charge in [0.1, 0.15) is 0 Å². The van der Waals surface area contributed by atoms with E-state index in [9.17, 15) is 0 Å². The van der Waals surface area contributed by atoms with Gasteiger partial charge < -0.3 is 15.0 Å². The molecule has 104 valence electrons. The maximum atomic E-state index is 6.37. The molecule has 1 aliphatic heterocycles. The molecule has 2 unspecified atom stereocenters. The third-order valence-electron chi connectivity index (χ3n) is 4.22. The highest BCUT2D eigenvalue weighted by atomic mass is 35.5. The maximum Gasteiger partial charge on any atom is 0.0779 e. The molecule has 1 aliphatic carbocycles. The summed E-state index contributed by atoms with van der Waals surface area (Å²) in [6, 6.07) is 6.97. The second-order valence-electron chi connectivity index (χ2n) is 5.41. The summed E-state index contributed by atoms with van der Waals surface area (Å²) in [5.74, 6) is 0. The van der Waals surface area contributed by atoms with Crippen molar-refractivity contribution in [1.29, 1.82) is 0 Å². The number of halogens is 1. The summed E-state index contributed by atoms with van der Waals surface area (Å²) in [5, 5.41) is 4.00. The quantitative estimate of drug-likeness (QED) is 0.921. The minimum Gasteiger partial charge on any atom is -0.374 e. The molecule has 2 fully saturated rings. The average Bonchev–Trinajstić information content (AvgIpc) is 2.89. The first-order chi connectivity index (χ1) is 9.29. The highest BCUT2D eigenvalue weighted by Crippen LogP contribution is 2.34. The van der Waals surface area contributed by atoms with Crippen molar-refractivity contribution in [3.05, 3.63) is 28.8 Å². The molecule has 1 saturated heterocycles. The van der Waals surface area contributed by atoms with Gasteiger partial charge in [-0.2, -0.15) is 0 Å². The highest BCUT2D eigenvalue weighted by Gasteiger charge is 2.36. The largest absolute Gasteiger partial charge is 0.374 e. The molecule has 0 spiro atoms. The number of ether oxygens (including phenoxy) is 1. The molecule has 1 saturated carbocycles. The lowest BCUT2D eigenvalue weighted by molar-refractivity contribution is 0.0256. The van der Waals surface area contributed by atoms with Crippen LogP contribution >= 0.6 is 11.6 Å². The summed E-state index contributed by atoms with van der Waals surface area (Å²) < 4.78 is 5.86. The van der Waals surface area contributed by atoms with Gasteiger partial charge in [0.2, 0.25) is 0 Å². The van der Waals surface area contributed by atoms with Gasteiger partial charge in [-0.05, 0) is 44.0 Å². The van der Waals surface area contributed by atoms with E-state index in [2.05, 4.69) is 28.4 Å². The van der Waals surface area contributed by atoms with Crippen molar-refractivity contribution in [3.8, 4) is 0 Å². The molecule has 0 amide bonds. The standard InChI is InChI=1S/C15H21ClN2O/c1-17-10-11-5-6-12(9-13(11)16)18-7-8-19-15-4-2-3-14(15)18/h5-6,9,14-15,17H,2-4,7-8,10H2,1H3. The first kappa shape index (κ1) is 13.2. The van der Waals surface area contributed by atoms with E-state index in [4.69, 9.17) is 16.3 Å². The van der Waals surface area contributed by atoms with E-state index in [1.807, 2.05) is 7.05 Å². The van der Waals surface area contributed by atoms with Gasteiger partial charge >= 0.3 is 0 Å². The summed E-state index contributed by atoms with van der Waals surface area (Å²) in [6.07, 6.45) is 4.13. The van der Waals surface area contributed by atoms with Crippen LogP contribution in [0.1, 0.15) is 24.8 Å². The van der Waals surface area contributed by atoms with Crippen LogP contribution < -0.4 is 10.2 Å². The molecular weight excluding hydrogens is 260 g/mol. The molecule has 3 nitrogen and oxygen atoms in total. The number of rotatable bonds is 3. The van der Waals surface area contributed by atoms with Crippen LogP contribution in [0.3, 0.4) is 0 Å². The van der Waals surface area contributed by atoms with Gasteiger partial charge in [-0.15, -0.1) is 0 Å². The number of anilines is 1. The van der Waals surface area contributed by atoms with Gasteiger partial charge in [-0.25, -0.2) is 0 Å². The molecule has 0 radical (unpaired) electrons. The molecule has 2 atom stereocenters. The number of hydrogen-bond acceptors (Lipinski definition) is 3. The number of hydrogen-bond donors (Lipinski definition) is 1. The maximum absolute atomic E-state index is 6.37. The molecule has 2 aliphatic rings. The van der Waals surface area contributed by atoms with Gasteiger partial charge in [0.15, 0.2) is 0 Å². The van der Waals surface area contributed by atoms with E-state index in [1.54, 1.807) is 0 Å². The van der Waals surface area contributed by atoms with Crippen molar-refractivity contribution in [2.24, 2.45) is 0 Å². The minimum atomic E-state index is 0.421. The van der Waals surface area contributed by atoms with Crippen molar-refractivity contribution in [3.63, 3.8) is 0 Å². The topological polar surface area (TPSA) is 24.5 Å². The zero-order valence-corrected chi connectivity index (χ0v) is 12.1. The van der Waals surface area contributed by atoms with Crippen molar-refractivity contribution in [1.82, 2.24) is 5.32 Å². The van der Waals surface area contributed by atoms with Crippen LogP contribution in [-0.4, -0.2) is 32.3 Å². The number of nitrogens with one attached hydrogen (secondary N) is 1. The Morgan fingerprint density at radius 2 is 2.32 bits per heavy atom. The van der Waals surface area contributed by atoms with Crippen LogP contribution in [0.4, 0.5) is 5.69 Å². The molecule has 1 aromatic rings. The van der Waals surface area contributed by atoms with Crippen LogP contribution in [0, 0.1) is 0 Å². The fourth-order valence-corrected chi connectivity index (χ4v) is 3.54. The monoisotopic (exact) mass is 280 g/mol. The van der Waals surface area contributed by atoms with Crippen LogP contribution in [0.5, 0.6) is 0 Å². The number of nitrogens with zero attached hydrogens (tertiary/aromatic N) is 1. The van der Waals surface area contributed by atoms with Crippen molar-refractivity contribution in [2.45, 2.75) is 38.0 Å². The highest BCUT2D eigenvalue weighted by molar-refractivity contribution is 6.31. The Hall–Kier alpha value is -0.770. The lowest BCUT2D eigenvalue weighted by Gasteiger charge is -2.39. The van der Waals surface area contributed by atoms with Crippen molar-refractivity contribution < 1.29 is 4.74 Å². The predicted octanol–water partition coefficient (Wildman–Crippen LogP) is 2.82. The number of fused-ring (bicyclic) bond motifs is 1. The third kappa shape index (κ3) is 2.60. The first-order valence-corrected chi connectivity index (χ1v) is 7.48. The Morgan fingerprint density at radius 3 is 3.11 bits per heavy atom. The molecule has 0 aromatic heterocycles. The molecule has 1 heterocycles. The van der Waals surface area contributed by atoms with E-state index in [0.29, 0.717) is 12.1 Å². The zero-order valence-electron chi connectivity index (χ0n) is 11.4. The molecule has 1 aromatic carbocycles. The van der Waals surface area contributed by atoms with Crippen LogP contribution in [0.15, 0.2) is 18.2 Å². The van der Waals surface area contributed by atoms with Gasteiger partial charge in [0.05, 0.1) is 18.8 Å². The lowest BCUT2D eigenvalue weighted by atomic mass is 10.1. The Balaban J connectivity index is 1.83. The summed E-state index contributed by atoms with van der Waals surface area (Å²) in [6.45, 7) is 2.62. The summed E-state index contributed by atoms with van der Waals surface area (Å²) >= 11 is 6.37. The molecule has 1 N–H and O–H groups in total. The van der Waals surface area contributed by atoms with E-state index in [-0.39, 0.29) is 0 Å². The molecule has 19 heavy (non-hydrogen) atoms. The van der Waals surface area contributed by atoms with Crippen molar-refractivity contribution >= 4 is 17.3 Å². The van der Waals surface area contributed by atoms with Crippen molar-refractivity contribution in [2.75, 3.05) is 25.1 Å². The lowest BCUT2D eigenvalue weighted by Crippen LogP contribution is -2.48. The molecule has 3 rings (SSSR count). The smallest absolute Gasteiger partial charge is 0.0779 e. The summed E-state index contributed by atoms with van der Waals surface area (Å²) in [5.41, 5.74) is 2.40. The Bertz CT molecular complexity index is 452. The first-order valence-electron chi connectivity index (χ1n) is 7.11. The average molecular weight is 281 g/mol. The predicted molar refractivity (Wildman–Crippen MR) is 78.9 cm³/mol. The fraction of sp³-hybridized carbons (Fsp3) is 0.600. The van der Waals surface area contributed by atoms with Gasteiger partial charge in [0.25, 0.3) is 0 Å². The number of morpholine rings is 1. The van der Waals surface area contributed by atoms with Gasteiger partial charge in [0, 0.05) is 23.8 Å². The zero-order chi connectivity index (χ0) is 13.2. The second-order valence-corrected chi connectivity index (χ2v) is 5.81. The normalized spacial score (nSPS) is 26.5. The van der Waals surface area contributed by atoms with E-state index < -0.39 is 0 Å².